The monoisotopic (exact) mass is 264 g/mol. The zero-order chi connectivity index (χ0) is 14.1. The molecule has 0 aliphatic heterocycles. The molecule has 3 heteroatoms. The molecule has 3 nitrogen and oxygen atoms in total. The second-order valence-corrected chi connectivity index (χ2v) is 5.14. The molecule has 0 atom stereocenters. The molecule has 0 radical (unpaired) electrons. The Morgan fingerprint density at radius 2 is 1.95 bits per heavy atom. The Labute approximate surface area is 117 Å². The van der Waals surface area contributed by atoms with E-state index in [4.69, 9.17) is 4.74 Å². The first kappa shape index (κ1) is 16.0. The lowest BCUT2D eigenvalue weighted by Crippen LogP contribution is -2.32. The molecule has 2 N–H and O–H groups in total. The fraction of sp³-hybridized carbons (Fsp3) is 0.625. The van der Waals surface area contributed by atoms with Crippen molar-refractivity contribution in [3.8, 4) is 5.75 Å². The van der Waals surface area contributed by atoms with Crippen molar-refractivity contribution in [3.63, 3.8) is 0 Å². The van der Waals surface area contributed by atoms with Crippen LogP contribution in [0.3, 0.4) is 0 Å². The summed E-state index contributed by atoms with van der Waals surface area (Å²) in [6, 6.07) is 7.02. The summed E-state index contributed by atoms with van der Waals surface area (Å²) in [6.45, 7) is 12.3. The maximum atomic E-state index is 5.55. The molecular formula is C16H28N2O. The van der Waals surface area contributed by atoms with E-state index < -0.39 is 0 Å². The van der Waals surface area contributed by atoms with E-state index in [1.54, 1.807) is 0 Å². The molecule has 0 fully saturated rings. The molecule has 0 bridgehead atoms. The fourth-order valence-electron chi connectivity index (χ4n) is 1.99. The van der Waals surface area contributed by atoms with Gasteiger partial charge in [0.05, 0.1) is 6.61 Å². The summed E-state index contributed by atoms with van der Waals surface area (Å²) in [5.41, 5.74) is 2.59. The van der Waals surface area contributed by atoms with Crippen molar-refractivity contribution in [2.24, 2.45) is 0 Å². The number of benzene rings is 1. The summed E-state index contributed by atoms with van der Waals surface area (Å²) in [7, 11) is 0. The molecule has 0 heterocycles. The smallest absolute Gasteiger partial charge is 0.122 e. The van der Waals surface area contributed by atoms with Gasteiger partial charge in [-0.25, -0.2) is 0 Å². The lowest BCUT2D eigenvalue weighted by Gasteiger charge is -2.10. The minimum Gasteiger partial charge on any atom is -0.494 e. The van der Waals surface area contributed by atoms with Gasteiger partial charge in [-0.15, -0.1) is 0 Å². The fourth-order valence-corrected chi connectivity index (χ4v) is 1.99. The van der Waals surface area contributed by atoms with Gasteiger partial charge in [-0.3, -0.25) is 0 Å². The van der Waals surface area contributed by atoms with E-state index in [1.807, 2.05) is 6.92 Å². The van der Waals surface area contributed by atoms with Crippen LogP contribution in [0.1, 0.15) is 31.9 Å². The molecule has 0 spiro atoms. The molecular weight excluding hydrogens is 236 g/mol. The summed E-state index contributed by atoms with van der Waals surface area (Å²) < 4.78 is 5.55. The predicted molar refractivity (Wildman–Crippen MR) is 82.1 cm³/mol. The summed E-state index contributed by atoms with van der Waals surface area (Å²) in [6.07, 6.45) is 1.06. The van der Waals surface area contributed by atoms with Crippen molar-refractivity contribution in [1.29, 1.82) is 0 Å². The van der Waals surface area contributed by atoms with Crippen LogP contribution in [-0.2, 0) is 6.42 Å². The van der Waals surface area contributed by atoms with Crippen LogP contribution in [0.5, 0.6) is 5.75 Å². The molecule has 0 aliphatic rings. The van der Waals surface area contributed by atoms with E-state index in [0.717, 1.165) is 38.4 Å². The summed E-state index contributed by atoms with van der Waals surface area (Å²) >= 11 is 0. The molecule has 0 saturated carbocycles. The normalized spacial score (nSPS) is 11.0. The molecule has 19 heavy (non-hydrogen) atoms. The van der Waals surface area contributed by atoms with Crippen molar-refractivity contribution >= 4 is 0 Å². The van der Waals surface area contributed by atoms with Gasteiger partial charge in [0.1, 0.15) is 5.75 Å². The van der Waals surface area contributed by atoms with E-state index in [-0.39, 0.29) is 0 Å². The summed E-state index contributed by atoms with van der Waals surface area (Å²) in [5.74, 6) is 1.00. The first-order valence-corrected chi connectivity index (χ1v) is 7.30. The zero-order valence-corrected chi connectivity index (χ0v) is 12.8. The minimum atomic E-state index is 0.565. The van der Waals surface area contributed by atoms with Gasteiger partial charge in [-0.2, -0.15) is 0 Å². The highest BCUT2D eigenvalue weighted by molar-refractivity contribution is 5.36. The number of hydrogen-bond acceptors (Lipinski definition) is 3. The van der Waals surface area contributed by atoms with Crippen LogP contribution in [0.15, 0.2) is 18.2 Å². The van der Waals surface area contributed by atoms with Crippen LogP contribution in [0, 0.1) is 6.92 Å². The maximum absolute atomic E-state index is 5.55. The van der Waals surface area contributed by atoms with Crippen molar-refractivity contribution in [1.82, 2.24) is 10.6 Å². The number of aryl methyl sites for hydroxylation is 1. The number of rotatable bonds is 9. The average molecular weight is 264 g/mol. The highest BCUT2D eigenvalue weighted by atomic mass is 16.5. The van der Waals surface area contributed by atoms with Gasteiger partial charge in [0, 0.05) is 19.1 Å². The number of nitrogens with one attached hydrogen (secondary N) is 2. The second kappa shape index (κ2) is 8.94. The SMILES string of the molecule is CCOc1ccc(CCNCCNC(C)C)cc1C. The molecule has 0 unspecified atom stereocenters. The van der Waals surface area contributed by atoms with Gasteiger partial charge in [-0.05, 0) is 44.0 Å². The third-order valence-corrected chi connectivity index (χ3v) is 2.98. The number of hydrogen-bond donors (Lipinski definition) is 2. The Kier molecular flexibility index (Phi) is 7.53. The predicted octanol–water partition coefficient (Wildman–Crippen LogP) is 2.52. The maximum Gasteiger partial charge on any atom is 0.122 e. The van der Waals surface area contributed by atoms with E-state index in [2.05, 4.69) is 49.6 Å². The van der Waals surface area contributed by atoms with Gasteiger partial charge < -0.3 is 15.4 Å². The average Bonchev–Trinajstić information content (AvgIpc) is 2.36. The molecule has 1 aromatic carbocycles. The Balaban J connectivity index is 2.24. The first-order chi connectivity index (χ1) is 9.13. The molecule has 1 aromatic rings. The number of ether oxygens (including phenoxy) is 1. The molecule has 0 saturated heterocycles. The zero-order valence-electron chi connectivity index (χ0n) is 12.8. The van der Waals surface area contributed by atoms with Crippen LogP contribution in [0.25, 0.3) is 0 Å². The summed E-state index contributed by atoms with van der Waals surface area (Å²) in [5, 5.41) is 6.85. The Bertz CT molecular complexity index is 364. The highest BCUT2D eigenvalue weighted by Gasteiger charge is 2.00. The van der Waals surface area contributed by atoms with Crippen molar-refractivity contribution < 1.29 is 4.74 Å². The van der Waals surface area contributed by atoms with Crippen LogP contribution in [-0.4, -0.2) is 32.3 Å². The van der Waals surface area contributed by atoms with Crippen LogP contribution < -0.4 is 15.4 Å². The largest absolute Gasteiger partial charge is 0.494 e. The topological polar surface area (TPSA) is 33.3 Å². The Morgan fingerprint density at radius 1 is 1.16 bits per heavy atom. The third kappa shape index (κ3) is 6.60. The quantitative estimate of drug-likeness (QED) is 0.672. The van der Waals surface area contributed by atoms with E-state index in [9.17, 15) is 0 Å². The third-order valence-electron chi connectivity index (χ3n) is 2.98. The van der Waals surface area contributed by atoms with Gasteiger partial charge in [-0.1, -0.05) is 26.0 Å². The lowest BCUT2D eigenvalue weighted by atomic mass is 10.1. The molecule has 0 aromatic heterocycles. The lowest BCUT2D eigenvalue weighted by molar-refractivity contribution is 0.338. The second-order valence-electron chi connectivity index (χ2n) is 5.14. The van der Waals surface area contributed by atoms with Gasteiger partial charge in [0.25, 0.3) is 0 Å². The van der Waals surface area contributed by atoms with Gasteiger partial charge in [0.2, 0.25) is 0 Å². The molecule has 0 aliphatic carbocycles. The summed E-state index contributed by atoms with van der Waals surface area (Å²) in [4.78, 5) is 0. The first-order valence-electron chi connectivity index (χ1n) is 7.30. The Hall–Kier alpha value is -1.06. The minimum absolute atomic E-state index is 0.565. The Morgan fingerprint density at radius 3 is 2.58 bits per heavy atom. The molecule has 108 valence electrons. The van der Waals surface area contributed by atoms with Crippen LogP contribution >= 0.6 is 0 Å². The van der Waals surface area contributed by atoms with Gasteiger partial charge in [0.15, 0.2) is 0 Å². The standard InChI is InChI=1S/C16H28N2O/c1-5-19-16-7-6-15(12-14(16)4)8-9-17-10-11-18-13(2)3/h6-7,12-13,17-18H,5,8-11H2,1-4H3. The van der Waals surface area contributed by atoms with Crippen LogP contribution in [0.2, 0.25) is 0 Å². The van der Waals surface area contributed by atoms with Gasteiger partial charge >= 0.3 is 0 Å². The van der Waals surface area contributed by atoms with Crippen molar-refractivity contribution in [2.75, 3.05) is 26.2 Å². The van der Waals surface area contributed by atoms with Crippen LogP contribution in [0.4, 0.5) is 0 Å². The molecule has 0 amide bonds. The highest BCUT2D eigenvalue weighted by Crippen LogP contribution is 2.19. The van der Waals surface area contributed by atoms with E-state index in [1.165, 1.54) is 11.1 Å². The van der Waals surface area contributed by atoms with Crippen molar-refractivity contribution in [3.05, 3.63) is 29.3 Å². The van der Waals surface area contributed by atoms with E-state index >= 15 is 0 Å². The van der Waals surface area contributed by atoms with E-state index in [0.29, 0.717) is 6.04 Å². The van der Waals surface area contributed by atoms with Crippen molar-refractivity contribution in [2.45, 2.75) is 40.2 Å². The molecule has 1 rings (SSSR count).